The standard InChI is InChI=1S/C20H17ClFNO3/c1-12-6-14(8-15(10-23)20(24)25-3)13(2)16(7-12)11-26-19-5-4-17(22)9-18(19)21/h4-9H,11H2,1-3H3/b15-8+. The minimum Gasteiger partial charge on any atom is -0.487 e. The highest BCUT2D eigenvalue weighted by molar-refractivity contribution is 6.32. The highest BCUT2D eigenvalue weighted by atomic mass is 35.5. The largest absolute Gasteiger partial charge is 0.487 e. The lowest BCUT2D eigenvalue weighted by Crippen LogP contribution is -2.04. The van der Waals surface area contributed by atoms with E-state index in [1.165, 1.54) is 31.4 Å². The second kappa shape index (κ2) is 8.50. The normalized spacial score (nSPS) is 11.0. The van der Waals surface area contributed by atoms with Crippen LogP contribution < -0.4 is 4.74 Å². The Bertz CT molecular complexity index is 916. The van der Waals surface area contributed by atoms with E-state index in [4.69, 9.17) is 21.6 Å². The van der Waals surface area contributed by atoms with Crippen molar-refractivity contribution in [3.8, 4) is 11.8 Å². The molecule has 134 valence electrons. The molecule has 0 unspecified atom stereocenters. The lowest BCUT2D eigenvalue weighted by atomic mass is 9.98. The van der Waals surface area contributed by atoms with Crippen molar-refractivity contribution in [3.63, 3.8) is 0 Å². The molecule has 0 fully saturated rings. The number of ether oxygens (including phenoxy) is 2. The molecule has 0 aromatic heterocycles. The second-order valence-corrected chi connectivity index (χ2v) is 6.07. The van der Waals surface area contributed by atoms with E-state index in [9.17, 15) is 9.18 Å². The zero-order valence-corrected chi connectivity index (χ0v) is 15.4. The van der Waals surface area contributed by atoms with E-state index in [-0.39, 0.29) is 17.2 Å². The van der Waals surface area contributed by atoms with Gasteiger partial charge in [0, 0.05) is 0 Å². The van der Waals surface area contributed by atoms with E-state index in [0.717, 1.165) is 22.3 Å². The molecule has 2 rings (SSSR count). The number of nitrogens with zero attached hydrogens (tertiary/aromatic N) is 1. The summed E-state index contributed by atoms with van der Waals surface area (Å²) in [6.45, 7) is 3.97. The van der Waals surface area contributed by atoms with Gasteiger partial charge in [0.1, 0.15) is 29.8 Å². The minimum absolute atomic E-state index is 0.0883. The number of hydrogen-bond donors (Lipinski definition) is 0. The third-order valence-corrected chi connectivity index (χ3v) is 4.10. The van der Waals surface area contributed by atoms with Gasteiger partial charge in [-0.1, -0.05) is 29.3 Å². The third-order valence-electron chi connectivity index (χ3n) is 3.80. The molecule has 2 aromatic carbocycles. The Balaban J connectivity index is 2.33. The average molecular weight is 374 g/mol. The summed E-state index contributed by atoms with van der Waals surface area (Å²) in [6.07, 6.45) is 1.49. The van der Waals surface area contributed by atoms with Crippen molar-refractivity contribution in [1.29, 1.82) is 5.26 Å². The molecule has 0 aliphatic rings. The van der Waals surface area contributed by atoms with Crippen molar-refractivity contribution in [2.75, 3.05) is 7.11 Å². The maximum Gasteiger partial charge on any atom is 0.348 e. The Morgan fingerprint density at radius 1 is 1.31 bits per heavy atom. The smallest absolute Gasteiger partial charge is 0.348 e. The molecule has 0 aliphatic carbocycles. The van der Waals surface area contributed by atoms with Gasteiger partial charge in [-0.05, 0) is 54.8 Å². The van der Waals surface area contributed by atoms with Crippen LogP contribution in [0.15, 0.2) is 35.9 Å². The van der Waals surface area contributed by atoms with Crippen LogP contribution in [-0.4, -0.2) is 13.1 Å². The quantitative estimate of drug-likeness (QED) is 0.431. The SMILES string of the molecule is COC(=O)/C(C#N)=C/c1cc(C)cc(COc2ccc(F)cc2Cl)c1C. The molecule has 0 spiro atoms. The molecule has 0 saturated heterocycles. The number of halogens is 2. The summed E-state index contributed by atoms with van der Waals surface area (Å²) in [7, 11) is 1.22. The maximum absolute atomic E-state index is 13.1. The van der Waals surface area contributed by atoms with Gasteiger partial charge in [-0.3, -0.25) is 0 Å². The molecule has 6 heteroatoms. The van der Waals surface area contributed by atoms with Crippen LogP contribution in [0.1, 0.15) is 22.3 Å². The summed E-state index contributed by atoms with van der Waals surface area (Å²) in [4.78, 5) is 11.6. The maximum atomic E-state index is 13.1. The van der Waals surface area contributed by atoms with Crippen molar-refractivity contribution < 1.29 is 18.7 Å². The van der Waals surface area contributed by atoms with E-state index < -0.39 is 11.8 Å². The molecule has 26 heavy (non-hydrogen) atoms. The molecule has 0 radical (unpaired) electrons. The number of aryl methyl sites for hydroxylation is 1. The first-order valence-corrected chi connectivity index (χ1v) is 8.11. The monoisotopic (exact) mass is 373 g/mol. The van der Waals surface area contributed by atoms with Crippen molar-refractivity contribution >= 4 is 23.6 Å². The van der Waals surface area contributed by atoms with E-state index in [1.54, 1.807) is 0 Å². The Kier molecular flexibility index (Phi) is 6.37. The van der Waals surface area contributed by atoms with Crippen LogP contribution in [0.2, 0.25) is 5.02 Å². The summed E-state index contributed by atoms with van der Waals surface area (Å²) in [5.74, 6) is -0.754. The van der Waals surface area contributed by atoms with Crippen LogP contribution >= 0.6 is 11.6 Å². The molecule has 0 bridgehead atoms. The average Bonchev–Trinajstić information content (AvgIpc) is 2.61. The lowest BCUT2D eigenvalue weighted by molar-refractivity contribution is -0.135. The number of esters is 1. The van der Waals surface area contributed by atoms with E-state index in [0.29, 0.717) is 5.75 Å². The van der Waals surface area contributed by atoms with Crippen molar-refractivity contribution in [2.45, 2.75) is 20.5 Å². The molecule has 0 amide bonds. The lowest BCUT2D eigenvalue weighted by Gasteiger charge is -2.13. The Labute approximate surface area is 156 Å². The van der Waals surface area contributed by atoms with Gasteiger partial charge in [0.25, 0.3) is 0 Å². The molecule has 4 nitrogen and oxygen atoms in total. The van der Waals surface area contributed by atoms with Crippen molar-refractivity contribution in [1.82, 2.24) is 0 Å². The first kappa shape index (κ1) is 19.5. The number of nitriles is 1. The van der Waals surface area contributed by atoms with Crippen LogP contribution in [0, 0.1) is 31.0 Å². The van der Waals surface area contributed by atoms with E-state index >= 15 is 0 Å². The number of carbonyl (C=O) groups excluding carboxylic acids is 1. The molecule has 0 N–H and O–H groups in total. The van der Waals surface area contributed by atoms with Crippen LogP contribution in [0.25, 0.3) is 6.08 Å². The molecular weight excluding hydrogens is 357 g/mol. The fourth-order valence-corrected chi connectivity index (χ4v) is 2.64. The predicted octanol–water partition coefficient (Wildman–Crippen LogP) is 4.75. The van der Waals surface area contributed by atoms with Gasteiger partial charge in [-0.25, -0.2) is 9.18 Å². The van der Waals surface area contributed by atoms with Crippen molar-refractivity contribution in [3.05, 3.63) is 69.0 Å². The summed E-state index contributed by atoms with van der Waals surface area (Å²) in [5, 5.41) is 9.32. The Morgan fingerprint density at radius 2 is 2.04 bits per heavy atom. The van der Waals surface area contributed by atoms with Crippen LogP contribution in [0.5, 0.6) is 5.75 Å². The number of methoxy groups -OCH3 is 1. The number of hydrogen-bond acceptors (Lipinski definition) is 4. The van der Waals surface area contributed by atoms with Gasteiger partial charge in [0.15, 0.2) is 0 Å². The fraction of sp³-hybridized carbons (Fsp3) is 0.200. The van der Waals surface area contributed by atoms with Crippen LogP contribution in [0.3, 0.4) is 0 Å². The molecular formula is C20H17ClFNO3. The summed E-state index contributed by atoms with van der Waals surface area (Å²) in [6, 6.07) is 9.57. The van der Waals surface area contributed by atoms with Gasteiger partial charge in [-0.2, -0.15) is 5.26 Å². The molecule has 0 heterocycles. The van der Waals surface area contributed by atoms with Crippen LogP contribution in [0.4, 0.5) is 4.39 Å². The highest BCUT2D eigenvalue weighted by Crippen LogP contribution is 2.27. The summed E-state index contributed by atoms with van der Waals surface area (Å²) < 4.78 is 23.4. The molecule has 0 saturated carbocycles. The third kappa shape index (κ3) is 4.62. The van der Waals surface area contributed by atoms with Crippen LogP contribution in [-0.2, 0) is 16.1 Å². The molecule has 0 aliphatic heterocycles. The predicted molar refractivity (Wildman–Crippen MR) is 97.3 cm³/mol. The Hall–Kier alpha value is -2.84. The van der Waals surface area contributed by atoms with Crippen molar-refractivity contribution in [2.24, 2.45) is 0 Å². The zero-order valence-electron chi connectivity index (χ0n) is 14.6. The first-order chi connectivity index (χ1) is 12.3. The number of carbonyl (C=O) groups is 1. The Morgan fingerprint density at radius 3 is 2.65 bits per heavy atom. The number of benzene rings is 2. The zero-order chi connectivity index (χ0) is 19.3. The first-order valence-electron chi connectivity index (χ1n) is 7.73. The fourth-order valence-electron chi connectivity index (χ4n) is 2.41. The van der Waals surface area contributed by atoms with Gasteiger partial charge in [0.05, 0.1) is 12.1 Å². The number of rotatable bonds is 5. The molecule has 0 atom stereocenters. The van der Waals surface area contributed by atoms with Gasteiger partial charge >= 0.3 is 5.97 Å². The summed E-state index contributed by atoms with van der Waals surface area (Å²) >= 11 is 5.97. The highest BCUT2D eigenvalue weighted by Gasteiger charge is 2.12. The van der Waals surface area contributed by atoms with E-state index in [2.05, 4.69) is 4.74 Å². The van der Waals surface area contributed by atoms with Gasteiger partial charge in [0.2, 0.25) is 0 Å². The van der Waals surface area contributed by atoms with Gasteiger partial charge < -0.3 is 9.47 Å². The topological polar surface area (TPSA) is 59.3 Å². The second-order valence-electron chi connectivity index (χ2n) is 5.66. The van der Waals surface area contributed by atoms with Gasteiger partial charge in [-0.15, -0.1) is 0 Å². The summed E-state index contributed by atoms with van der Waals surface area (Å²) in [5.41, 5.74) is 3.28. The van der Waals surface area contributed by atoms with E-state index in [1.807, 2.05) is 32.0 Å². The molecule has 2 aromatic rings. The minimum atomic E-state index is -0.690.